The molecule has 11 nitrogen and oxygen atoms in total. The fraction of sp³-hybridized carbons (Fsp3) is 0.381. The number of imidazole rings is 1. The summed E-state index contributed by atoms with van der Waals surface area (Å²) in [6.45, 7) is 1.77. The van der Waals surface area contributed by atoms with Crippen LogP contribution >= 0.6 is 0 Å². The van der Waals surface area contributed by atoms with Crippen LogP contribution in [-0.2, 0) is 11.3 Å². The Kier molecular flexibility index (Phi) is 6.28. The molecule has 34 heavy (non-hydrogen) atoms. The molecule has 4 N–H and O–H groups in total. The molecule has 4 aromatic rings. The van der Waals surface area contributed by atoms with Crippen LogP contribution in [0.15, 0.2) is 18.2 Å². The number of nitrogens with one attached hydrogen (secondary N) is 1. The fourth-order valence-electron chi connectivity index (χ4n) is 3.73. The molecule has 4 rings (SSSR count). The molecule has 4 heterocycles. The summed E-state index contributed by atoms with van der Waals surface area (Å²) in [7, 11) is 3.80. The van der Waals surface area contributed by atoms with Gasteiger partial charge >= 0.3 is 0 Å². The molecule has 0 aliphatic rings. The summed E-state index contributed by atoms with van der Waals surface area (Å²) in [6.07, 6.45) is -1.28. The topological polar surface area (TPSA) is 139 Å². The Hall–Kier alpha value is -3.87. The standard InChI is InChI=1S/C21H25F2N9O2/c1-11-25-15-5-4-14(27-20(15)31(11)9-16(22)23)13-8-17(34)32-18(13)19(24)28-21(29-32)26-12(10-33)6-7-30(2)3/h4-5,8,10,12,16,34H,6-7,9H2,1-3H3,(H3,24,26,28,29). The van der Waals surface area contributed by atoms with Crippen LogP contribution in [0.4, 0.5) is 20.5 Å². The number of pyridine rings is 1. The van der Waals surface area contributed by atoms with Gasteiger partial charge in [-0.25, -0.2) is 18.7 Å². The second kappa shape index (κ2) is 9.17. The number of hydrogen-bond donors (Lipinski definition) is 3. The maximum absolute atomic E-state index is 13.1. The van der Waals surface area contributed by atoms with Crippen molar-refractivity contribution < 1.29 is 18.7 Å². The molecule has 0 spiro atoms. The minimum absolute atomic E-state index is 0.0456. The summed E-state index contributed by atoms with van der Waals surface area (Å²) in [6, 6.07) is 4.20. The summed E-state index contributed by atoms with van der Waals surface area (Å²) < 4.78 is 28.7. The molecule has 0 aromatic carbocycles. The summed E-state index contributed by atoms with van der Waals surface area (Å²) in [5.74, 6) is 0.316. The normalized spacial score (nSPS) is 12.8. The van der Waals surface area contributed by atoms with Gasteiger partial charge in [-0.2, -0.15) is 9.50 Å². The van der Waals surface area contributed by atoms with Crippen LogP contribution in [-0.4, -0.2) is 78.5 Å². The average molecular weight is 473 g/mol. The predicted octanol–water partition coefficient (Wildman–Crippen LogP) is 1.93. The molecule has 0 radical (unpaired) electrons. The van der Waals surface area contributed by atoms with Crippen molar-refractivity contribution in [2.75, 3.05) is 31.7 Å². The highest BCUT2D eigenvalue weighted by atomic mass is 19.3. The van der Waals surface area contributed by atoms with Crippen LogP contribution in [0.1, 0.15) is 12.2 Å². The largest absolute Gasteiger partial charge is 0.493 e. The molecule has 0 saturated carbocycles. The maximum Gasteiger partial charge on any atom is 0.256 e. The first kappa shape index (κ1) is 23.3. The van der Waals surface area contributed by atoms with Crippen molar-refractivity contribution >= 4 is 34.7 Å². The average Bonchev–Trinajstić information content (AvgIpc) is 3.27. The Morgan fingerprint density at radius 1 is 1.26 bits per heavy atom. The van der Waals surface area contributed by atoms with Crippen LogP contribution in [0, 0.1) is 6.92 Å². The molecule has 0 saturated heterocycles. The lowest BCUT2D eigenvalue weighted by atomic mass is 10.2. The minimum Gasteiger partial charge on any atom is -0.493 e. The molecular formula is C21H25F2N9O2. The quantitative estimate of drug-likeness (QED) is 0.311. The number of aldehydes is 1. The maximum atomic E-state index is 13.1. The number of aromatic hydroxyl groups is 1. The van der Waals surface area contributed by atoms with Crippen molar-refractivity contribution in [1.82, 2.24) is 34.0 Å². The number of carbonyl (C=O) groups is 1. The van der Waals surface area contributed by atoms with Crippen LogP contribution < -0.4 is 11.1 Å². The predicted molar refractivity (Wildman–Crippen MR) is 123 cm³/mol. The van der Waals surface area contributed by atoms with Gasteiger partial charge in [0, 0.05) is 11.6 Å². The number of carbonyl (C=O) groups excluding carboxylic acids is 1. The highest BCUT2D eigenvalue weighted by molar-refractivity contribution is 5.89. The van der Waals surface area contributed by atoms with E-state index in [1.807, 2.05) is 19.0 Å². The van der Waals surface area contributed by atoms with E-state index in [2.05, 4.69) is 25.4 Å². The second-order valence-corrected chi connectivity index (χ2v) is 8.18. The zero-order valence-electron chi connectivity index (χ0n) is 18.9. The van der Waals surface area contributed by atoms with Crippen molar-refractivity contribution in [3.05, 3.63) is 24.0 Å². The second-order valence-electron chi connectivity index (χ2n) is 8.18. The Bertz CT molecular complexity index is 1350. The summed E-state index contributed by atoms with van der Waals surface area (Å²) in [4.78, 5) is 26.4. The lowest BCUT2D eigenvalue weighted by Crippen LogP contribution is -2.28. The molecule has 1 atom stereocenters. The van der Waals surface area contributed by atoms with E-state index in [1.54, 1.807) is 19.1 Å². The van der Waals surface area contributed by atoms with Gasteiger partial charge in [-0.05, 0) is 46.1 Å². The first-order valence-electron chi connectivity index (χ1n) is 10.5. The van der Waals surface area contributed by atoms with Crippen LogP contribution in [0.2, 0.25) is 0 Å². The van der Waals surface area contributed by atoms with Crippen molar-refractivity contribution in [3.63, 3.8) is 0 Å². The van der Waals surface area contributed by atoms with Crippen molar-refractivity contribution in [2.45, 2.75) is 32.4 Å². The van der Waals surface area contributed by atoms with Gasteiger partial charge in [0.05, 0.1) is 18.3 Å². The summed E-state index contributed by atoms with van der Waals surface area (Å²) in [5.41, 5.74) is 8.06. The third-order valence-electron chi connectivity index (χ3n) is 5.37. The third-order valence-corrected chi connectivity index (χ3v) is 5.37. The number of halogens is 2. The SMILES string of the molecule is Cc1nc2ccc(-c3cc(O)n4nc(NC(C=O)CCN(C)C)nc(N)c34)nc2n1CC(F)F. The molecule has 0 fully saturated rings. The van der Waals surface area contributed by atoms with Gasteiger partial charge in [0.25, 0.3) is 6.43 Å². The monoisotopic (exact) mass is 473 g/mol. The number of aryl methyl sites for hydroxylation is 1. The van der Waals surface area contributed by atoms with Gasteiger partial charge in [-0.15, -0.1) is 5.10 Å². The Morgan fingerprint density at radius 2 is 2.03 bits per heavy atom. The van der Waals surface area contributed by atoms with Gasteiger partial charge in [0.15, 0.2) is 11.5 Å². The fourth-order valence-corrected chi connectivity index (χ4v) is 3.73. The minimum atomic E-state index is -2.57. The number of hydrogen-bond acceptors (Lipinski definition) is 9. The van der Waals surface area contributed by atoms with Gasteiger partial charge in [0.2, 0.25) is 11.8 Å². The van der Waals surface area contributed by atoms with E-state index in [9.17, 15) is 18.7 Å². The molecular weight excluding hydrogens is 448 g/mol. The third kappa shape index (κ3) is 4.46. The Morgan fingerprint density at radius 3 is 2.71 bits per heavy atom. The van der Waals surface area contributed by atoms with Crippen LogP contribution in [0.5, 0.6) is 5.88 Å². The number of aromatic nitrogens is 6. The summed E-state index contributed by atoms with van der Waals surface area (Å²) >= 11 is 0. The van der Waals surface area contributed by atoms with E-state index in [-0.39, 0.29) is 17.6 Å². The number of anilines is 2. The van der Waals surface area contributed by atoms with Crippen molar-refractivity contribution in [1.29, 1.82) is 0 Å². The number of alkyl halides is 2. The van der Waals surface area contributed by atoms with E-state index >= 15 is 0 Å². The smallest absolute Gasteiger partial charge is 0.256 e. The van der Waals surface area contributed by atoms with Gasteiger partial charge < -0.3 is 30.4 Å². The number of fused-ring (bicyclic) bond motifs is 2. The number of nitrogens with zero attached hydrogens (tertiary/aromatic N) is 7. The van der Waals surface area contributed by atoms with Gasteiger partial charge in [-0.3, -0.25) is 0 Å². The van der Waals surface area contributed by atoms with Crippen molar-refractivity contribution in [3.8, 4) is 17.1 Å². The first-order valence-corrected chi connectivity index (χ1v) is 10.5. The first-order chi connectivity index (χ1) is 16.2. The highest BCUT2D eigenvalue weighted by Gasteiger charge is 2.20. The lowest BCUT2D eigenvalue weighted by Gasteiger charge is -2.16. The Labute approximate surface area is 193 Å². The molecule has 0 aliphatic carbocycles. The molecule has 13 heteroatoms. The molecule has 0 bridgehead atoms. The molecule has 1 unspecified atom stereocenters. The van der Waals surface area contributed by atoms with Crippen LogP contribution in [0.25, 0.3) is 27.9 Å². The van der Waals surface area contributed by atoms with Gasteiger partial charge in [0.1, 0.15) is 23.1 Å². The lowest BCUT2D eigenvalue weighted by molar-refractivity contribution is -0.108. The zero-order valence-corrected chi connectivity index (χ0v) is 18.9. The molecule has 180 valence electrons. The van der Waals surface area contributed by atoms with Crippen LogP contribution in [0.3, 0.4) is 0 Å². The van der Waals surface area contributed by atoms with Gasteiger partial charge in [-0.1, -0.05) is 0 Å². The van der Waals surface area contributed by atoms with Crippen molar-refractivity contribution in [2.24, 2.45) is 0 Å². The van der Waals surface area contributed by atoms with E-state index < -0.39 is 19.0 Å². The van der Waals surface area contributed by atoms with E-state index in [0.717, 1.165) is 6.29 Å². The highest BCUT2D eigenvalue weighted by Crippen LogP contribution is 2.33. The molecule has 0 amide bonds. The molecule has 0 aliphatic heterocycles. The number of rotatable bonds is 9. The summed E-state index contributed by atoms with van der Waals surface area (Å²) in [5, 5.41) is 17.7. The number of nitrogen functional groups attached to an aromatic ring is 1. The number of nitrogens with two attached hydrogens (primary N) is 1. The molecule has 4 aromatic heterocycles. The van der Waals surface area contributed by atoms with E-state index in [4.69, 9.17) is 5.73 Å². The van der Waals surface area contributed by atoms with E-state index in [1.165, 1.54) is 15.1 Å². The zero-order chi connectivity index (χ0) is 24.6. The van der Waals surface area contributed by atoms with E-state index in [0.29, 0.717) is 46.7 Å². The Balaban J connectivity index is 1.75.